The van der Waals surface area contributed by atoms with Crippen LogP contribution in [0, 0.1) is 0 Å². The summed E-state index contributed by atoms with van der Waals surface area (Å²) in [6.07, 6.45) is 2.04. The van der Waals surface area contributed by atoms with Gasteiger partial charge in [-0.25, -0.2) is 8.42 Å². The normalized spacial score (nSPS) is 22.6. The van der Waals surface area contributed by atoms with Gasteiger partial charge in [0.1, 0.15) is 17.5 Å². The summed E-state index contributed by atoms with van der Waals surface area (Å²) in [5.74, 6) is 0.622. The van der Waals surface area contributed by atoms with Crippen LogP contribution in [0.1, 0.15) is 43.9 Å². The predicted octanol–water partition coefficient (Wildman–Crippen LogP) is 2.95. The van der Waals surface area contributed by atoms with Crippen LogP contribution in [-0.4, -0.2) is 38.0 Å². The zero-order chi connectivity index (χ0) is 20.9. The molecule has 156 valence electrons. The molecule has 6 nitrogen and oxygen atoms in total. The summed E-state index contributed by atoms with van der Waals surface area (Å²) in [6.45, 7) is 5.03. The van der Waals surface area contributed by atoms with Crippen molar-refractivity contribution in [3.63, 3.8) is 0 Å². The first kappa shape index (κ1) is 20.2. The molecule has 1 aliphatic heterocycles. The highest BCUT2D eigenvalue weighted by Crippen LogP contribution is 2.52. The number of hydrogen-bond acceptors (Lipinski definition) is 5. The lowest BCUT2D eigenvalue weighted by Crippen LogP contribution is -2.49. The van der Waals surface area contributed by atoms with Crippen LogP contribution in [0.15, 0.2) is 48.5 Å². The molecule has 1 saturated carbocycles. The molecule has 0 bridgehead atoms. The van der Waals surface area contributed by atoms with Crippen molar-refractivity contribution in [1.29, 1.82) is 0 Å². The lowest BCUT2D eigenvalue weighted by atomic mass is 9.83. The highest BCUT2D eigenvalue weighted by atomic mass is 32.2. The van der Waals surface area contributed by atoms with E-state index >= 15 is 0 Å². The van der Waals surface area contributed by atoms with E-state index in [1.807, 2.05) is 24.3 Å². The number of benzene rings is 2. The fourth-order valence-electron chi connectivity index (χ4n) is 4.01. The monoisotopic (exact) mass is 416 g/mol. The van der Waals surface area contributed by atoms with E-state index in [0.29, 0.717) is 18.0 Å². The van der Waals surface area contributed by atoms with Gasteiger partial charge in [-0.05, 0) is 24.5 Å². The van der Waals surface area contributed by atoms with Crippen LogP contribution >= 0.6 is 0 Å². The predicted molar refractivity (Wildman–Crippen MR) is 114 cm³/mol. The summed E-state index contributed by atoms with van der Waals surface area (Å²) in [5.41, 5.74) is 1.84. The number of aliphatic hydroxyl groups is 1. The van der Waals surface area contributed by atoms with Gasteiger partial charge in [-0.3, -0.25) is 4.72 Å². The number of fused-ring (bicyclic) bond motifs is 1. The van der Waals surface area contributed by atoms with Crippen molar-refractivity contribution in [3.05, 3.63) is 59.7 Å². The quantitative estimate of drug-likeness (QED) is 0.674. The number of rotatable bonds is 6. The van der Waals surface area contributed by atoms with Gasteiger partial charge in [0, 0.05) is 23.6 Å². The second kappa shape index (κ2) is 7.00. The molecule has 0 aromatic heterocycles. The Morgan fingerprint density at radius 1 is 1.17 bits per heavy atom. The number of nitrogens with one attached hydrogen (secondary N) is 2. The third-order valence-corrected chi connectivity index (χ3v) is 6.49. The van der Waals surface area contributed by atoms with Crippen LogP contribution in [0.25, 0.3) is 0 Å². The summed E-state index contributed by atoms with van der Waals surface area (Å²) in [6, 6.07) is 15.3. The zero-order valence-electron chi connectivity index (χ0n) is 17.0. The van der Waals surface area contributed by atoms with Crippen LogP contribution < -0.4 is 14.8 Å². The Morgan fingerprint density at radius 2 is 1.86 bits per heavy atom. The maximum atomic E-state index is 11.6. The van der Waals surface area contributed by atoms with Gasteiger partial charge in [0.05, 0.1) is 18.0 Å². The van der Waals surface area contributed by atoms with Gasteiger partial charge >= 0.3 is 0 Å². The van der Waals surface area contributed by atoms with Gasteiger partial charge in [-0.2, -0.15) is 0 Å². The molecule has 2 aliphatic rings. The van der Waals surface area contributed by atoms with Crippen molar-refractivity contribution in [2.75, 3.05) is 17.5 Å². The molecule has 0 radical (unpaired) electrons. The molecule has 1 spiro atoms. The van der Waals surface area contributed by atoms with Crippen molar-refractivity contribution in [2.45, 2.75) is 49.9 Å². The minimum atomic E-state index is -3.37. The van der Waals surface area contributed by atoms with E-state index in [2.05, 4.69) is 36.0 Å². The topological polar surface area (TPSA) is 87.7 Å². The fourth-order valence-corrected chi connectivity index (χ4v) is 4.56. The largest absolute Gasteiger partial charge is 0.484 e. The third kappa shape index (κ3) is 4.13. The summed E-state index contributed by atoms with van der Waals surface area (Å²) in [5, 5.41) is 14.6. The van der Waals surface area contributed by atoms with E-state index in [-0.39, 0.29) is 11.5 Å². The lowest BCUT2D eigenvalue weighted by Gasteiger charge is -2.39. The van der Waals surface area contributed by atoms with Gasteiger partial charge in [0.15, 0.2) is 0 Å². The van der Waals surface area contributed by atoms with Gasteiger partial charge in [-0.1, -0.05) is 50.2 Å². The summed E-state index contributed by atoms with van der Waals surface area (Å²) < 4.78 is 31.7. The van der Waals surface area contributed by atoms with Gasteiger partial charge in [0.2, 0.25) is 10.0 Å². The average molecular weight is 417 g/mol. The maximum absolute atomic E-state index is 11.6. The lowest BCUT2D eigenvalue weighted by molar-refractivity contribution is -0.0251. The number of aliphatic hydroxyl groups excluding tert-OH is 1. The van der Waals surface area contributed by atoms with E-state index < -0.39 is 21.7 Å². The highest BCUT2D eigenvalue weighted by molar-refractivity contribution is 7.92. The molecule has 0 saturated heterocycles. The molecule has 0 amide bonds. The maximum Gasteiger partial charge on any atom is 0.229 e. The number of ether oxygens (including phenoxy) is 1. The molecular formula is C22H28N2O4S. The summed E-state index contributed by atoms with van der Waals surface area (Å²) in [7, 11) is -3.37. The first-order chi connectivity index (χ1) is 13.6. The molecule has 2 unspecified atom stereocenters. The zero-order valence-corrected chi connectivity index (χ0v) is 17.8. The van der Waals surface area contributed by atoms with Crippen molar-refractivity contribution in [1.82, 2.24) is 5.32 Å². The number of anilines is 1. The Balaban J connectivity index is 1.60. The molecule has 1 fully saturated rings. The molecule has 7 heteroatoms. The Kier molecular flexibility index (Phi) is 4.88. The minimum Gasteiger partial charge on any atom is -0.484 e. The first-order valence-electron chi connectivity index (χ1n) is 9.87. The Morgan fingerprint density at radius 3 is 2.48 bits per heavy atom. The van der Waals surface area contributed by atoms with Crippen molar-refractivity contribution in [2.24, 2.45) is 0 Å². The van der Waals surface area contributed by atoms with Crippen molar-refractivity contribution >= 4 is 15.7 Å². The van der Waals surface area contributed by atoms with E-state index in [4.69, 9.17) is 4.74 Å². The number of hydrogen-bond donors (Lipinski definition) is 3. The highest BCUT2D eigenvalue weighted by Gasteiger charge is 2.57. The smallest absolute Gasteiger partial charge is 0.229 e. The molecule has 29 heavy (non-hydrogen) atoms. The second-order valence-electron chi connectivity index (χ2n) is 8.85. The van der Waals surface area contributed by atoms with Crippen LogP contribution in [0.2, 0.25) is 0 Å². The number of sulfonamides is 1. The Bertz CT molecular complexity index is 1000. The van der Waals surface area contributed by atoms with Gasteiger partial charge in [-0.15, -0.1) is 0 Å². The Hall–Kier alpha value is -2.09. The van der Waals surface area contributed by atoms with E-state index in [1.54, 1.807) is 12.1 Å². The molecule has 1 aliphatic carbocycles. The molecular weight excluding hydrogens is 388 g/mol. The van der Waals surface area contributed by atoms with Crippen LogP contribution in [0.4, 0.5) is 5.69 Å². The van der Waals surface area contributed by atoms with Gasteiger partial charge < -0.3 is 15.2 Å². The SMILES string of the molecule is CC(C)(CNC1c2ccc(NS(C)(=O)=O)cc2OC2(CC2)C1O)c1ccccc1. The fraction of sp³-hybridized carbons (Fsp3) is 0.455. The standard InChI is InChI=1S/C22H28N2O4S/c1-21(2,15-7-5-4-6-8-15)14-23-19-17-10-9-16(24-29(3,26)27)13-18(17)28-22(11-12-22)20(19)25/h4-10,13,19-20,23-25H,11-12,14H2,1-3H3. The van der Waals surface area contributed by atoms with Gasteiger partial charge in [0.25, 0.3) is 0 Å². The second-order valence-corrected chi connectivity index (χ2v) is 10.6. The van der Waals surface area contributed by atoms with Crippen LogP contribution in [0.5, 0.6) is 5.75 Å². The third-order valence-electron chi connectivity index (χ3n) is 5.88. The molecule has 4 rings (SSSR count). The summed E-state index contributed by atoms with van der Waals surface area (Å²) in [4.78, 5) is 0. The molecule has 3 N–H and O–H groups in total. The molecule has 2 atom stereocenters. The van der Waals surface area contributed by atoms with E-state index in [1.165, 1.54) is 5.56 Å². The van der Waals surface area contributed by atoms with Crippen LogP contribution in [-0.2, 0) is 15.4 Å². The van der Waals surface area contributed by atoms with Crippen molar-refractivity contribution < 1.29 is 18.3 Å². The first-order valence-corrected chi connectivity index (χ1v) is 11.8. The van der Waals surface area contributed by atoms with Crippen LogP contribution in [0.3, 0.4) is 0 Å². The minimum absolute atomic E-state index is 0.117. The van der Waals surface area contributed by atoms with Crippen molar-refractivity contribution in [3.8, 4) is 5.75 Å². The molecule has 2 aromatic rings. The average Bonchev–Trinajstić information content (AvgIpc) is 3.42. The molecule has 1 heterocycles. The van der Waals surface area contributed by atoms with E-state index in [0.717, 1.165) is 24.7 Å². The Labute approximate surface area is 172 Å². The van der Waals surface area contributed by atoms with E-state index in [9.17, 15) is 13.5 Å². The summed E-state index contributed by atoms with van der Waals surface area (Å²) >= 11 is 0. The molecule has 2 aromatic carbocycles.